The van der Waals surface area contributed by atoms with Gasteiger partial charge in [-0.1, -0.05) is 0 Å². The summed E-state index contributed by atoms with van der Waals surface area (Å²) >= 11 is 0. The van der Waals surface area contributed by atoms with Crippen molar-refractivity contribution in [3.05, 3.63) is 12.1 Å². The number of hydrogen-bond acceptors (Lipinski definition) is 5. The molecule has 2 aliphatic heterocycles. The zero-order valence-corrected chi connectivity index (χ0v) is 11.6. The second-order valence-corrected chi connectivity index (χ2v) is 5.59. The summed E-state index contributed by atoms with van der Waals surface area (Å²) in [5.74, 6) is 1.10. The Hall–Kier alpha value is -1.34. The van der Waals surface area contributed by atoms with Crippen LogP contribution < -0.4 is 0 Å². The van der Waals surface area contributed by atoms with E-state index >= 15 is 0 Å². The lowest BCUT2D eigenvalue weighted by Gasteiger charge is -2.32. The Balaban J connectivity index is 1.97. The normalized spacial score (nSPS) is 25.2. The number of carbonyl (C=O) groups is 2. The molecule has 6 nitrogen and oxygen atoms in total. The number of hydrogen-bond donors (Lipinski definition) is 0. The molecule has 2 saturated heterocycles. The minimum atomic E-state index is -0.608. The van der Waals surface area contributed by atoms with Crippen molar-refractivity contribution in [2.75, 3.05) is 13.2 Å². The van der Waals surface area contributed by atoms with Crippen LogP contribution in [-0.2, 0) is 18.8 Å². The molecule has 19 heavy (non-hydrogen) atoms. The number of amides is 2. The first-order valence-corrected chi connectivity index (χ1v) is 6.25. The van der Waals surface area contributed by atoms with E-state index in [0.717, 1.165) is 4.90 Å². The topological polar surface area (TPSA) is 65.1 Å². The smallest absolute Gasteiger partial charge is 0.447 e. The van der Waals surface area contributed by atoms with Gasteiger partial charge in [0.1, 0.15) is 6.61 Å². The molecular formula is C12H18BNO5. The fourth-order valence-electron chi connectivity index (χ4n) is 1.81. The van der Waals surface area contributed by atoms with Crippen molar-refractivity contribution in [3.8, 4) is 0 Å². The Morgan fingerprint density at radius 3 is 2.32 bits per heavy atom. The molecule has 2 fully saturated rings. The first kappa shape index (κ1) is 14.1. The van der Waals surface area contributed by atoms with Gasteiger partial charge in [-0.3, -0.25) is 4.79 Å². The molecule has 0 unspecified atom stereocenters. The third kappa shape index (κ3) is 2.67. The predicted octanol–water partition coefficient (Wildman–Crippen LogP) is 1.15. The molecule has 0 spiro atoms. The third-order valence-electron chi connectivity index (χ3n) is 3.69. The molecule has 0 aliphatic carbocycles. The molecule has 0 radical (unpaired) electrons. The standard InChI is InChI=1S/C12H18BNO5/c1-11(2)12(3,4)19-13(18-11)6-5-9(15)14-7-8-17-10(14)16/h5-6H,7-8H2,1-4H3. The highest BCUT2D eigenvalue weighted by Gasteiger charge is 2.50. The summed E-state index contributed by atoms with van der Waals surface area (Å²) < 4.78 is 16.1. The number of cyclic esters (lactones) is 1. The number of carbonyl (C=O) groups excluding carboxylic acids is 2. The highest BCUT2D eigenvalue weighted by atomic mass is 16.7. The van der Waals surface area contributed by atoms with Crippen molar-refractivity contribution in [2.45, 2.75) is 38.9 Å². The molecule has 2 rings (SSSR count). The van der Waals surface area contributed by atoms with Gasteiger partial charge in [0.25, 0.3) is 5.91 Å². The molecule has 104 valence electrons. The van der Waals surface area contributed by atoms with Crippen molar-refractivity contribution in [3.63, 3.8) is 0 Å². The summed E-state index contributed by atoms with van der Waals surface area (Å²) in [5.41, 5.74) is -0.894. The summed E-state index contributed by atoms with van der Waals surface area (Å²) in [6.45, 7) is 8.25. The quantitative estimate of drug-likeness (QED) is 0.554. The third-order valence-corrected chi connectivity index (χ3v) is 3.69. The largest absolute Gasteiger partial charge is 0.487 e. The molecule has 7 heteroatoms. The summed E-state index contributed by atoms with van der Waals surface area (Å²) in [7, 11) is -0.590. The van der Waals surface area contributed by atoms with Gasteiger partial charge in [-0.2, -0.15) is 0 Å². The van der Waals surface area contributed by atoms with Gasteiger partial charge in [0.2, 0.25) is 0 Å². The van der Waals surface area contributed by atoms with Gasteiger partial charge in [-0.05, 0) is 39.7 Å². The molecule has 0 aromatic carbocycles. The van der Waals surface area contributed by atoms with Crippen molar-refractivity contribution >= 4 is 19.1 Å². The Morgan fingerprint density at radius 2 is 1.84 bits per heavy atom. The van der Waals surface area contributed by atoms with E-state index in [1.54, 1.807) is 0 Å². The fraction of sp³-hybridized carbons (Fsp3) is 0.667. The maximum atomic E-state index is 11.8. The first-order chi connectivity index (χ1) is 8.73. The highest BCUT2D eigenvalue weighted by molar-refractivity contribution is 6.52. The molecule has 0 aromatic rings. The van der Waals surface area contributed by atoms with E-state index in [-0.39, 0.29) is 13.2 Å². The van der Waals surface area contributed by atoms with Crippen LogP contribution in [0.3, 0.4) is 0 Å². The minimum absolute atomic E-state index is 0.245. The van der Waals surface area contributed by atoms with E-state index in [0.29, 0.717) is 0 Å². The van der Waals surface area contributed by atoms with Crippen molar-refractivity contribution in [1.82, 2.24) is 4.90 Å². The van der Waals surface area contributed by atoms with Crippen LogP contribution in [0.25, 0.3) is 0 Å². The fourth-order valence-corrected chi connectivity index (χ4v) is 1.81. The van der Waals surface area contributed by atoms with Crippen molar-refractivity contribution < 1.29 is 23.6 Å². The molecule has 2 heterocycles. The van der Waals surface area contributed by atoms with Crippen LogP contribution in [0.2, 0.25) is 0 Å². The molecule has 0 bridgehead atoms. The van der Waals surface area contributed by atoms with E-state index in [2.05, 4.69) is 0 Å². The molecule has 2 amide bonds. The maximum absolute atomic E-state index is 11.8. The average Bonchev–Trinajstić information content (AvgIpc) is 2.78. The van der Waals surface area contributed by atoms with Crippen LogP contribution in [0.4, 0.5) is 4.79 Å². The Kier molecular flexibility index (Phi) is 3.44. The Bertz CT molecular complexity index is 416. The number of ether oxygens (including phenoxy) is 1. The van der Waals surface area contributed by atoms with Crippen LogP contribution in [-0.4, -0.2) is 48.4 Å². The lowest BCUT2D eigenvalue weighted by Crippen LogP contribution is -2.41. The van der Waals surface area contributed by atoms with E-state index in [4.69, 9.17) is 14.0 Å². The number of rotatable bonds is 2. The van der Waals surface area contributed by atoms with Gasteiger partial charge in [-0.25, -0.2) is 9.69 Å². The monoisotopic (exact) mass is 267 g/mol. The molecular weight excluding hydrogens is 249 g/mol. The predicted molar refractivity (Wildman–Crippen MR) is 68.3 cm³/mol. The van der Waals surface area contributed by atoms with Gasteiger partial charge >= 0.3 is 13.2 Å². The zero-order valence-electron chi connectivity index (χ0n) is 11.6. The molecule has 2 aliphatic rings. The van der Waals surface area contributed by atoms with Crippen LogP contribution >= 0.6 is 0 Å². The summed E-state index contributed by atoms with van der Waals surface area (Å²) in [6.07, 6.45) is 0.679. The summed E-state index contributed by atoms with van der Waals surface area (Å²) in [5, 5.41) is 0. The molecule has 0 saturated carbocycles. The SMILES string of the molecule is CC1(C)OB(C=CC(=O)N2CCOC2=O)OC1(C)C. The molecule has 0 aromatic heterocycles. The van der Waals surface area contributed by atoms with Gasteiger partial charge in [0.05, 0.1) is 17.7 Å². The van der Waals surface area contributed by atoms with E-state index < -0.39 is 30.3 Å². The molecule has 0 N–H and O–H groups in total. The van der Waals surface area contributed by atoms with Gasteiger partial charge in [-0.15, -0.1) is 0 Å². The second kappa shape index (κ2) is 4.65. The van der Waals surface area contributed by atoms with Gasteiger partial charge in [0.15, 0.2) is 0 Å². The van der Waals surface area contributed by atoms with Crippen molar-refractivity contribution in [1.29, 1.82) is 0 Å². The van der Waals surface area contributed by atoms with Crippen LogP contribution in [0, 0.1) is 0 Å². The highest BCUT2D eigenvalue weighted by Crippen LogP contribution is 2.36. The first-order valence-electron chi connectivity index (χ1n) is 6.25. The second-order valence-electron chi connectivity index (χ2n) is 5.59. The maximum Gasteiger partial charge on any atom is 0.487 e. The van der Waals surface area contributed by atoms with Gasteiger partial charge < -0.3 is 14.0 Å². The van der Waals surface area contributed by atoms with Crippen molar-refractivity contribution in [2.24, 2.45) is 0 Å². The summed E-state index contributed by atoms with van der Waals surface area (Å²) in [4.78, 5) is 24.0. The number of nitrogens with zero attached hydrogens (tertiary/aromatic N) is 1. The zero-order chi connectivity index (χ0) is 14.3. The number of imide groups is 1. The Labute approximate surface area is 112 Å². The van der Waals surface area contributed by atoms with E-state index in [1.807, 2.05) is 27.7 Å². The van der Waals surface area contributed by atoms with Crippen LogP contribution in [0.5, 0.6) is 0 Å². The lowest BCUT2D eigenvalue weighted by molar-refractivity contribution is -0.122. The van der Waals surface area contributed by atoms with E-state index in [1.165, 1.54) is 12.1 Å². The van der Waals surface area contributed by atoms with Gasteiger partial charge in [0, 0.05) is 0 Å². The van der Waals surface area contributed by atoms with Crippen LogP contribution in [0.15, 0.2) is 12.1 Å². The lowest BCUT2D eigenvalue weighted by atomic mass is 9.90. The summed E-state index contributed by atoms with van der Waals surface area (Å²) in [6, 6.07) is 0. The molecule has 0 atom stereocenters. The Morgan fingerprint density at radius 1 is 1.26 bits per heavy atom. The van der Waals surface area contributed by atoms with E-state index in [9.17, 15) is 9.59 Å². The van der Waals surface area contributed by atoms with Crippen LogP contribution in [0.1, 0.15) is 27.7 Å². The minimum Gasteiger partial charge on any atom is -0.447 e. The average molecular weight is 267 g/mol.